The summed E-state index contributed by atoms with van der Waals surface area (Å²) in [6.07, 6.45) is -8.46. The Balaban J connectivity index is 1.72. The molecule has 0 spiro atoms. The number of hydrogen-bond acceptors (Lipinski definition) is 5. The molecule has 1 atom stereocenters. The lowest BCUT2D eigenvalue weighted by atomic mass is 9.99. The van der Waals surface area contributed by atoms with Crippen LogP contribution in [-0.2, 0) is 12.4 Å². The SMILES string of the molecule is OC(CNc1ccc2nccnc2c1)c1cc(C(F)(F)F)nc2c(C(F)(F)F)cccc12. The number of para-hydroxylation sites is 1. The summed E-state index contributed by atoms with van der Waals surface area (Å²) in [6.45, 7) is -0.265. The first-order chi connectivity index (χ1) is 15.0. The summed E-state index contributed by atoms with van der Waals surface area (Å²) in [4.78, 5) is 11.5. The maximum Gasteiger partial charge on any atom is 0.433 e. The van der Waals surface area contributed by atoms with E-state index in [2.05, 4.69) is 20.3 Å². The van der Waals surface area contributed by atoms with Crippen molar-refractivity contribution in [2.45, 2.75) is 18.5 Å². The number of nitrogens with one attached hydrogen (secondary N) is 1. The summed E-state index contributed by atoms with van der Waals surface area (Å²) >= 11 is 0. The molecule has 0 fully saturated rings. The van der Waals surface area contributed by atoms with Gasteiger partial charge in [0.05, 0.1) is 28.2 Å². The third kappa shape index (κ3) is 4.28. The molecule has 0 radical (unpaired) electrons. The first-order valence-corrected chi connectivity index (χ1v) is 9.25. The number of aliphatic hydroxyl groups is 1. The van der Waals surface area contributed by atoms with Crippen LogP contribution < -0.4 is 5.32 Å². The average molecular weight is 452 g/mol. The third-order valence-electron chi connectivity index (χ3n) is 4.80. The molecule has 0 amide bonds. The minimum Gasteiger partial charge on any atom is -0.387 e. The van der Waals surface area contributed by atoms with Gasteiger partial charge in [-0.25, -0.2) is 4.98 Å². The number of rotatable bonds is 4. The van der Waals surface area contributed by atoms with E-state index in [1.807, 2.05) is 0 Å². The Morgan fingerprint density at radius 1 is 0.875 bits per heavy atom. The number of anilines is 1. The van der Waals surface area contributed by atoms with E-state index in [0.717, 1.165) is 6.07 Å². The fourth-order valence-corrected chi connectivity index (χ4v) is 3.32. The van der Waals surface area contributed by atoms with Crippen molar-refractivity contribution in [2.75, 3.05) is 11.9 Å². The Kier molecular flexibility index (Phi) is 5.37. The number of alkyl halides is 6. The molecule has 11 heteroatoms. The lowest BCUT2D eigenvalue weighted by Gasteiger charge is -2.19. The number of pyridine rings is 1. The zero-order chi connectivity index (χ0) is 23.1. The molecular weight excluding hydrogens is 438 g/mol. The van der Waals surface area contributed by atoms with Crippen molar-refractivity contribution in [1.82, 2.24) is 15.0 Å². The molecule has 0 bridgehead atoms. The second-order valence-corrected chi connectivity index (χ2v) is 6.95. The topological polar surface area (TPSA) is 70.9 Å². The highest BCUT2D eigenvalue weighted by molar-refractivity contribution is 5.86. The number of benzene rings is 2. The van der Waals surface area contributed by atoms with Crippen molar-refractivity contribution in [2.24, 2.45) is 0 Å². The normalized spacial score (nSPS) is 13.5. The molecule has 2 aromatic heterocycles. The van der Waals surface area contributed by atoms with Crippen molar-refractivity contribution < 1.29 is 31.4 Å². The Labute approximate surface area is 176 Å². The standard InChI is InChI=1S/C21H14F6N4O/c22-20(23,24)14-3-1-2-12-13(9-18(21(25,26)27)31-19(12)14)17(32)10-30-11-4-5-15-16(8-11)29-7-6-28-15/h1-9,17,30,32H,10H2. The summed E-state index contributed by atoms with van der Waals surface area (Å²) in [7, 11) is 0. The maximum atomic E-state index is 13.4. The zero-order valence-electron chi connectivity index (χ0n) is 16.0. The maximum absolute atomic E-state index is 13.4. The van der Waals surface area contributed by atoms with Crippen LogP contribution in [0.25, 0.3) is 21.9 Å². The molecular formula is C21H14F6N4O. The second-order valence-electron chi connectivity index (χ2n) is 6.95. The summed E-state index contributed by atoms with van der Waals surface area (Å²) in [5.41, 5.74) is -2.34. The molecule has 32 heavy (non-hydrogen) atoms. The van der Waals surface area contributed by atoms with Crippen LogP contribution in [0.5, 0.6) is 0 Å². The van der Waals surface area contributed by atoms with Gasteiger partial charge in [-0.1, -0.05) is 12.1 Å². The van der Waals surface area contributed by atoms with Crippen molar-refractivity contribution in [3.63, 3.8) is 0 Å². The highest BCUT2D eigenvalue weighted by Gasteiger charge is 2.37. The van der Waals surface area contributed by atoms with Gasteiger partial charge < -0.3 is 10.4 Å². The minimum atomic E-state index is -4.99. The molecule has 4 aromatic rings. The molecule has 0 saturated carbocycles. The summed E-state index contributed by atoms with van der Waals surface area (Å²) in [5, 5.41) is 13.3. The number of halogens is 6. The van der Waals surface area contributed by atoms with Crippen LogP contribution in [0.1, 0.15) is 22.9 Å². The van der Waals surface area contributed by atoms with Crippen molar-refractivity contribution in [3.8, 4) is 0 Å². The molecule has 2 aromatic carbocycles. The first kappa shape index (κ1) is 21.8. The lowest BCUT2D eigenvalue weighted by molar-refractivity contribution is -0.142. The predicted molar refractivity (Wildman–Crippen MR) is 105 cm³/mol. The number of aliphatic hydroxyl groups excluding tert-OH is 1. The Morgan fingerprint density at radius 2 is 1.59 bits per heavy atom. The fourth-order valence-electron chi connectivity index (χ4n) is 3.32. The van der Waals surface area contributed by atoms with E-state index in [-0.39, 0.29) is 17.5 Å². The number of aromatic nitrogens is 3. The van der Waals surface area contributed by atoms with Gasteiger partial charge in [-0.2, -0.15) is 26.3 Å². The molecule has 166 valence electrons. The quantitative estimate of drug-likeness (QED) is 0.408. The summed E-state index contributed by atoms with van der Waals surface area (Å²) < 4.78 is 80.1. The molecule has 0 aliphatic rings. The average Bonchev–Trinajstić information content (AvgIpc) is 2.74. The molecule has 1 unspecified atom stereocenters. The van der Waals surface area contributed by atoms with Gasteiger partial charge in [0.2, 0.25) is 0 Å². The van der Waals surface area contributed by atoms with E-state index < -0.39 is 35.2 Å². The van der Waals surface area contributed by atoms with Gasteiger partial charge in [0.15, 0.2) is 0 Å². The van der Waals surface area contributed by atoms with E-state index in [1.165, 1.54) is 18.5 Å². The van der Waals surface area contributed by atoms with Gasteiger partial charge in [0, 0.05) is 30.0 Å². The molecule has 0 aliphatic heterocycles. The Morgan fingerprint density at radius 3 is 2.28 bits per heavy atom. The van der Waals surface area contributed by atoms with E-state index >= 15 is 0 Å². The van der Waals surface area contributed by atoms with Crippen molar-refractivity contribution in [3.05, 3.63) is 71.7 Å². The third-order valence-corrected chi connectivity index (χ3v) is 4.80. The smallest absolute Gasteiger partial charge is 0.387 e. The van der Waals surface area contributed by atoms with Gasteiger partial charge in [-0.3, -0.25) is 9.97 Å². The molecule has 0 aliphatic carbocycles. The molecule has 4 rings (SSSR count). The van der Waals surface area contributed by atoms with Crippen LogP contribution in [0.15, 0.2) is 54.9 Å². The van der Waals surface area contributed by atoms with Crippen molar-refractivity contribution in [1.29, 1.82) is 0 Å². The number of fused-ring (bicyclic) bond motifs is 2. The summed E-state index contributed by atoms with van der Waals surface area (Å²) in [5.74, 6) is 0. The lowest BCUT2D eigenvalue weighted by Crippen LogP contribution is -2.17. The van der Waals surface area contributed by atoms with E-state index in [4.69, 9.17) is 0 Å². The molecule has 2 heterocycles. The van der Waals surface area contributed by atoms with Crippen LogP contribution in [-0.4, -0.2) is 26.6 Å². The van der Waals surface area contributed by atoms with Gasteiger partial charge in [-0.15, -0.1) is 0 Å². The second kappa shape index (κ2) is 7.90. The fraction of sp³-hybridized carbons (Fsp3) is 0.190. The zero-order valence-corrected chi connectivity index (χ0v) is 16.0. The largest absolute Gasteiger partial charge is 0.433 e. The molecule has 5 nitrogen and oxygen atoms in total. The molecule has 2 N–H and O–H groups in total. The van der Waals surface area contributed by atoms with Crippen LogP contribution in [0.3, 0.4) is 0 Å². The minimum absolute atomic E-state index is 0.216. The predicted octanol–water partition coefficient (Wildman–Crippen LogP) is 5.36. The van der Waals surface area contributed by atoms with Crippen LogP contribution in [0.4, 0.5) is 32.0 Å². The highest BCUT2D eigenvalue weighted by Crippen LogP contribution is 2.39. The molecule has 0 saturated heterocycles. The van der Waals surface area contributed by atoms with Crippen LogP contribution in [0.2, 0.25) is 0 Å². The highest BCUT2D eigenvalue weighted by atomic mass is 19.4. The first-order valence-electron chi connectivity index (χ1n) is 9.25. The monoisotopic (exact) mass is 452 g/mol. The van der Waals surface area contributed by atoms with Gasteiger partial charge in [0.25, 0.3) is 0 Å². The van der Waals surface area contributed by atoms with Crippen LogP contribution in [0, 0.1) is 0 Å². The number of hydrogen-bond donors (Lipinski definition) is 2. The Hall–Kier alpha value is -3.47. The summed E-state index contributed by atoms with van der Waals surface area (Å²) in [6, 6.07) is 8.41. The van der Waals surface area contributed by atoms with Crippen molar-refractivity contribution >= 4 is 27.6 Å². The van der Waals surface area contributed by atoms with E-state index in [1.54, 1.807) is 18.2 Å². The van der Waals surface area contributed by atoms with Gasteiger partial charge in [-0.05, 0) is 35.9 Å². The van der Waals surface area contributed by atoms with E-state index in [9.17, 15) is 31.4 Å². The van der Waals surface area contributed by atoms with Gasteiger partial charge in [0.1, 0.15) is 5.69 Å². The van der Waals surface area contributed by atoms with Crippen LogP contribution >= 0.6 is 0 Å². The number of nitrogens with zero attached hydrogens (tertiary/aromatic N) is 3. The van der Waals surface area contributed by atoms with Gasteiger partial charge >= 0.3 is 12.4 Å². The van der Waals surface area contributed by atoms with E-state index in [0.29, 0.717) is 28.9 Å². The Bertz CT molecular complexity index is 1290.